The van der Waals surface area contributed by atoms with Crippen molar-refractivity contribution >= 4 is 0 Å². The molecule has 1 unspecified atom stereocenters. The second kappa shape index (κ2) is 2.23. The van der Waals surface area contributed by atoms with Crippen LogP contribution in [-0.4, -0.2) is 0 Å². The van der Waals surface area contributed by atoms with Crippen LogP contribution in [0.15, 0.2) is 16.7 Å². The van der Waals surface area contributed by atoms with Crippen LogP contribution in [0.2, 0.25) is 0 Å². The van der Waals surface area contributed by atoms with Gasteiger partial charge in [0.15, 0.2) is 0 Å². The number of rotatable bonds is 1. The van der Waals surface area contributed by atoms with Gasteiger partial charge in [-0.15, -0.1) is 0 Å². The van der Waals surface area contributed by atoms with Gasteiger partial charge >= 0.3 is 0 Å². The van der Waals surface area contributed by atoms with E-state index in [0.29, 0.717) is 0 Å². The van der Waals surface area contributed by atoms with Gasteiger partial charge in [0.25, 0.3) is 0 Å². The Labute approximate surface area is 54.7 Å². The van der Waals surface area contributed by atoms with Crippen LogP contribution >= 0.6 is 0 Å². The minimum atomic E-state index is 0.0127. The van der Waals surface area contributed by atoms with E-state index in [9.17, 15) is 0 Å². The van der Waals surface area contributed by atoms with Gasteiger partial charge in [-0.3, -0.25) is 0 Å². The van der Waals surface area contributed by atoms with Crippen molar-refractivity contribution in [2.75, 3.05) is 0 Å². The van der Waals surface area contributed by atoms with Crippen molar-refractivity contribution in [2.24, 2.45) is 5.73 Å². The molecule has 0 radical (unpaired) electrons. The highest BCUT2D eigenvalue weighted by Gasteiger charge is 2.01. The topological polar surface area (TPSA) is 39.2 Å². The van der Waals surface area contributed by atoms with E-state index < -0.39 is 0 Å². The molecule has 2 N–H and O–H groups in total. The fourth-order valence-electron chi connectivity index (χ4n) is 0.692. The summed E-state index contributed by atoms with van der Waals surface area (Å²) in [6.07, 6.45) is 1.71. The van der Waals surface area contributed by atoms with Crippen molar-refractivity contribution in [1.82, 2.24) is 0 Å². The smallest absolute Gasteiger partial charge is 0.120 e. The molecule has 0 spiro atoms. The minimum absolute atomic E-state index is 0.0127. The second-order valence-electron chi connectivity index (χ2n) is 2.32. The molecule has 9 heavy (non-hydrogen) atoms. The van der Waals surface area contributed by atoms with Gasteiger partial charge in [-0.05, 0) is 25.5 Å². The van der Waals surface area contributed by atoms with E-state index in [1.807, 2.05) is 19.9 Å². The molecule has 1 rings (SSSR count). The van der Waals surface area contributed by atoms with Crippen LogP contribution < -0.4 is 5.73 Å². The van der Waals surface area contributed by atoms with Gasteiger partial charge in [-0.1, -0.05) is 0 Å². The SMILES string of the molecule is Cc1coc(C(C)N)c1. The highest BCUT2D eigenvalue weighted by Crippen LogP contribution is 2.12. The average Bonchev–Trinajstić information content (AvgIpc) is 2.14. The third-order valence-corrected chi connectivity index (χ3v) is 1.20. The van der Waals surface area contributed by atoms with Crippen LogP contribution in [0.4, 0.5) is 0 Å². The van der Waals surface area contributed by atoms with Gasteiger partial charge in [0.05, 0.1) is 12.3 Å². The average molecular weight is 125 g/mol. The summed E-state index contributed by atoms with van der Waals surface area (Å²) in [4.78, 5) is 0. The Morgan fingerprint density at radius 2 is 2.33 bits per heavy atom. The summed E-state index contributed by atoms with van der Waals surface area (Å²) in [7, 11) is 0. The summed E-state index contributed by atoms with van der Waals surface area (Å²) in [6.45, 7) is 3.88. The molecular weight excluding hydrogens is 114 g/mol. The van der Waals surface area contributed by atoms with E-state index in [0.717, 1.165) is 11.3 Å². The molecule has 0 bridgehead atoms. The van der Waals surface area contributed by atoms with Crippen LogP contribution in [0.5, 0.6) is 0 Å². The Kier molecular flexibility index (Phi) is 1.58. The molecule has 0 aliphatic carbocycles. The molecule has 1 aromatic heterocycles. The Balaban J connectivity index is 2.85. The van der Waals surface area contributed by atoms with Crippen LogP contribution in [-0.2, 0) is 0 Å². The van der Waals surface area contributed by atoms with Gasteiger partial charge in [0.2, 0.25) is 0 Å². The molecule has 0 amide bonds. The number of furan rings is 1. The largest absolute Gasteiger partial charge is 0.467 e. The van der Waals surface area contributed by atoms with Gasteiger partial charge in [-0.2, -0.15) is 0 Å². The first kappa shape index (κ1) is 6.36. The molecule has 2 heteroatoms. The quantitative estimate of drug-likeness (QED) is 0.619. The highest BCUT2D eigenvalue weighted by molar-refractivity contribution is 5.12. The fraction of sp³-hybridized carbons (Fsp3) is 0.429. The molecule has 1 heterocycles. The predicted octanol–water partition coefficient (Wildman–Crippen LogP) is 1.61. The molecule has 50 valence electrons. The lowest BCUT2D eigenvalue weighted by atomic mass is 10.2. The van der Waals surface area contributed by atoms with Crippen molar-refractivity contribution < 1.29 is 4.42 Å². The molecular formula is C7H11NO. The van der Waals surface area contributed by atoms with Crippen LogP contribution in [0.25, 0.3) is 0 Å². The zero-order valence-electron chi connectivity index (χ0n) is 5.72. The summed E-state index contributed by atoms with van der Waals surface area (Å²) in [6, 6.07) is 1.96. The fourth-order valence-corrected chi connectivity index (χ4v) is 0.692. The molecule has 0 saturated carbocycles. The van der Waals surface area contributed by atoms with Gasteiger partial charge in [-0.25, -0.2) is 0 Å². The Hall–Kier alpha value is -0.760. The van der Waals surface area contributed by atoms with E-state index in [2.05, 4.69) is 0 Å². The Morgan fingerprint density at radius 3 is 2.56 bits per heavy atom. The van der Waals surface area contributed by atoms with Gasteiger partial charge in [0, 0.05) is 0 Å². The summed E-state index contributed by atoms with van der Waals surface area (Å²) in [5.41, 5.74) is 6.66. The molecule has 0 aliphatic heterocycles. The van der Waals surface area contributed by atoms with Crippen molar-refractivity contribution in [1.29, 1.82) is 0 Å². The van der Waals surface area contributed by atoms with Crippen molar-refractivity contribution in [3.63, 3.8) is 0 Å². The van der Waals surface area contributed by atoms with Crippen LogP contribution in [0.3, 0.4) is 0 Å². The first-order valence-corrected chi connectivity index (χ1v) is 3.01. The highest BCUT2D eigenvalue weighted by atomic mass is 16.3. The normalized spacial score (nSPS) is 13.7. The molecule has 0 saturated heterocycles. The Morgan fingerprint density at radius 1 is 1.67 bits per heavy atom. The van der Waals surface area contributed by atoms with E-state index in [1.165, 1.54) is 0 Å². The third kappa shape index (κ3) is 1.33. The third-order valence-electron chi connectivity index (χ3n) is 1.20. The van der Waals surface area contributed by atoms with Crippen molar-refractivity contribution in [2.45, 2.75) is 19.9 Å². The summed E-state index contributed by atoms with van der Waals surface area (Å²) < 4.78 is 5.10. The molecule has 0 aromatic carbocycles. The summed E-state index contributed by atoms with van der Waals surface area (Å²) in [5, 5.41) is 0. The lowest BCUT2D eigenvalue weighted by Gasteiger charge is -1.95. The van der Waals surface area contributed by atoms with Crippen molar-refractivity contribution in [3.05, 3.63) is 23.7 Å². The molecule has 1 atom stereocenters. The monoisotopic (exact) mass is 125 g/mol. The lowest BCUT2D eigenvalue weighted by molar-refractivity contribution is 0.479. The Bertz CT molecular complexity index is 191. The maximum atomic E-state index is 5.53. The first-order chi connectivity index (χ1) is 4.20. The zero-order chi connectivity index (χ0) is 6.85. The van der Waals surface area contributed by atoms with E-state index in [4.69, 9.17) is 10.2 Å². The molecule has 0 fully saturated rings. The first-order valence-electron chi connectivity index (χ1n) is 3.01. The number of nitrogens with two attached hydrogens (primary N) is 1. The maximum Gasteiger partial charge on any atom is 0.120 e. The van der Waals surface area contributed by atoms with E-state index in [1.54, 1.807) is 6.26 Å². The molecule has 2 nitrogen and oxygen atoms in total. The van der Waals surface area contributed by atoms with Gasteiger partial charge < -0.3 is 10.2 Å². The molecule has 0 aliphatic rings. The predicted molar refractivity (Wildman–Crippen MR) is 36.0 cm³/mol. The van der Waals surface area contributed by atoms with E-state index >= 15 is 0 Å². The van der Waals surface area contributed by atoms with Crippen LogP contribution in [0.1, 0.15) is 24.3 Å². The maximum absolute atomic E-state index is 5.53. The number of hydrogen-bond donors (Lipinski definition) is 1. The molecule has 1 aromatic rings. The summed E-state index contributed by atoms with van der Waals surface area (Å²) >= 11 is 0. The number of hydrogen-bond acceptors (Lipinski definition) is 2. The van der Waals surface area contributed by atoms with Crippen molar-refractivity contribution in [3.8, 4) is 0 Å². The standard InChI is InChI=1S/C7H11NO/c1-5-3-7(6(2)8)9-4-5/h3-4,6H,8H2,1-2H3. The minimum Gasteiger partial charge on any atom is -0.467 e. The van der Waals surface area contributed by atoms with Crippen LogP contribution in [0, 0.1) is 6.92 Å². The number of aryl methyl sites for hydroxylation is 1. The summed E-state index contributed by atoms with van der Waals surface area (Å²) in [5.74, 6) is 0.854. The second-order valence-corrected chi connectivity index (χ2v) is 2.32. The van der Waals surface area contributed by atoms with Gasteiger partial charge in [0.1, 0.15) is 5.76 Å². The zero-order valence-corrected chi connectivity index (χ0v) is 5.72. The lowest BCUT2D eigenvalue weighted by Crippen LogP contribution is -2.02. The van der Waals surface area contributed by atoms with E-state index in [-0.39, 0.29) is 6.04 Å².